The Morgan fingerprint density at radius 3 is 2.82 bits per heavy atom. The molecule has 126 valence electrons. The van der Waals surface area contributed by atoms with E-state index in [2.05, 4.69) is 5.32 Å². The van der Waals surface area contributed by atoms with Gasteiger partial charge in [-0.05, 0) is 31.6 Å². The number of hydrogen-bond acceptors (Lipinski definition) is 4. The first kappa shape index (κ1) is 17.5. The van der Waals surface area contributed by atoms with Crippen LogP contribution in [0.3, 0.4) is 0 Å². The molecule has 0 radical (unpaired) electrons. The molecule has 1 atom stereocenters. The third-order valence-corrected chi connectivity index (χ3v) is 4.59. The summed E-state index contributed by atoms with van der Waals surface area (Å²) in [6.45, 7) is 4.40. The van der Waals surface area contributed by atoms with Crippen LogP contribution in [-0.2, 0) is 14.3 Å². The molecule has 0 spiro atoms. The number of ether oxygens (including phenoxy) is 1. The fourth-order valence-electron chi connectivity index (χ4n) is 3.13. The Bertz CT molecular complexity index is 403. The number of piperidine rings is 1. The van der Waals surface area contributed by atoms with Gasteiger partial charge in [-0.3, -0.25) is 9.59 Å². The van der Waals surface area contributed by atoms with Crippen molar-refractivity contribution in [1.82, 2.24) is 15.1 Å². The van der Waals surface area contributed by atoms with Crippen LogP contribution in [0.2, 0.25) is 0 Å². The number of carbonyl (C=O) groups excluding carboxylic acids is 2. The van der Waals surface area contributed by atoms with Crippen molar-refractivity contribution in [2.75, 3.05) is 45.9 Å². The molecule has 0 aromatic carbocycles. The number of nitrogens with one attached hydrogen (secondary N) is 1. The summed E-state index contributed by atoms with van der Waals surface area (Å²) in [6.07, 6.45) is 4.45. The molecule has 2 heterocycles. The van der Waals surface area contributed by atoms with E-state index in [-0.39, 0.29) is 36.9 Å². The Morgan fingerprint density at radius 1 is 1.27 bits per heavy atom. The Balaban J connectivity index is 0.00000176. The van der Waals surface area contributed by atoms with Gasteiger partial charge >= 0.3 is 0 Å². The summed E-state index contributed by atoms with van der Waals surface area (Å²) in [7, 11) is 0. The van der Waals surface area contributed by atoms with Crippen LogP contribution in [0.4, 0.5) is 0 Å². The first-order valence-corrected chi connectivity index (χ1v) is 8.10. The standard InChI is InChI=1S/C15H25N3O3.ClH/c19-14-8-16-5-7-18(14)13-2-1-6-17(9-13)15(20)11-21-10-12-3-4-12;/h12-13,16H,1-11H2;1H. The lowest BCUT2D eigenvalue weighted by Gasteiger charge is -2.41. The van der Waals surface area contributed by atoms with Crippen molar-refractivity contribution in [3.05, 3.63) is 0 Å². The van der Waals surface area contributed by atoms with E-state index in [1.807, 2.05) is 9.80 Å². The average Bonchev–Trinajstić information content (AvgIpc) is 3.32. The molecule has 22 heavy (non-hydrogen) atoms. The van der Waals surface area contributed by atoms with Crippen LogP contribution in [0.15, 0.2) is 0 Å². The monoisotopic (exact) mass is 331 g/mol. The van der Waals surface area contributed by atoms with Crippen LogP contribution in [-0.4, -0.2) is 73.6 Å². The van der Waals surface area contributed by atoms with Crippen molar-refractivity contribution in [2.45, 2.75) is 31.7 Å². The number of rotatable bonds is 5. The smallest absolute Gasteiger partial charge is 0.248 e. The van der Waals surface area contributed by atoms with Gasteiger partial charge in [0, 0.05) is 32.2 Å². The maximum Gasteiger partial charge on any atom is 0.248 e. The summed E-state index contributed by atoms with van der Waals surface area (Å²) in [4.78, 5) is 28.0. The molecule has 7 heteroatoms. The average molecular weight is 332 g/mol. The maximum absolute atomic E-state index is 12.2. The minimum absolute atomic E-state index is 0. The van der Waals surface area contributed by atoms with Crippen molar-refractivity contribution in [3.8, 4) is 0 Å². The predicted octanol–water partition coefficient (Wildman–Crippen LogP) is 0.258. The highest BCUT2D eigenvalue weighted by atomic mass is 35.5. The van der Waals surface area contributed by atoms with Gasteiger partial charge in [-0.2, -0.15) is 0 Å². The maximum atomic E-state index is 12.2. The van der Waals surface area contributed by atoms with Gasteiger partial charge in [0.25, 0.3) is 0 Å². The van der Waals surface area contributed by atoms with Crippen LogP contribution in [0.25, 0.3) is 0 Å². The lowest BCUT2D eigenvalue weighted by Crippen LogP contribution is -2.57. The molecular weight excluding hydrogens is 306 g/mol. The van der Waals surface area contributed by atoms with Crippen LogP contribution < -0.4 is 5.32 Å². The lowest BCUT2D eigenvalue weighted by atomic mass is 10.0. The molecule has 0 bridgehead atoms. The zero-order chi connectivity index (χ0) is 14.7. The zero-order valence-corrected chi connectivity index (χ0v) is 13.8. The van der Waals surface area contributed by atoms with E-state index in [1.165, 1.54) is 12.8 Å². The van der Waals surface area contributed by atoms with Gasteiger partial charge < -0.3 is 19.9 Å². The minimum atomic E-state index is 0. The quantitative estimate of drug-likeness (QED) is 0.785. The number of amides is 2. The van der Waals surface area contributed by atoms with E-state index in [4.69, 9.17) is 4.74 Å². The summed E-state index contributed by atoms with van der Waals surface area (Å²) in [5, 5.41) is 3.09. The van der Waals surface area contributed by atoms with Crippen molar-refractivity contribution in [3.63, 3.8) is 0 Å². The van der Waals surface area contributed by atoms with E-state index in [1.54, 1.807) is 0 Å². The van der Waals surface area contributed by atoms with Gasteiger partial charge in [0.15, 0.2) is 0 Å². The largest absolute Gasteiger partial charge is 0.371 e. The van der Waals surface area contributed by atoms with Gasteiger partial charge in [0.1, 0.15) is 6.61 Å². The molecule has 2 saturated heterocycles. The SMILES string of the molecule is Cl.O=C(COCC1CC1)N1CCCC(N2CCNCC2=O)C1. The molecule has 1 unspecified atom stereocenters. The molecule has 3 fully saturated rings. The highest BCUT2D eigenvalue weighted by molar-refractivity contribution is 5.85. The van der Waals surface area contributed by atoms with Gasteiger partial charge in [-0.15, -0.1) is 12.4 Å². The zero-order valence-electron chi connectivity index (χ0n) is 13.0. The number of likely N-dealkylation sites (tertiary alicyclic amines) is 1. The normalized spacial score (nSPS) is 25.8. The van der Waals surface area contributed by atoms with Gasteiger partial charge in [0.2, 0.25) is 11.8 Å². The molecule has 0 aromatic rings. The number of halogens is 1. The highest BCUT2D eigenvalue weighted by Gasteiger charge is 2.31. The predicted molar refractivity (Wildman–Crippen MR) is 85.0 cm³/mol. The Labute approximate surface area is 137 Å². The van der Waals surface area contributed by atoms with Crippen molar-refractivity contribution in [2.24, 2.45) is 5.92 Å². The first-order valence-electron chi connectivity index (χ1n) is 8.10. The second-order valence-electron chi connectivity index (χ2n) is 6.36. The molecule has 2 amide bonds. The van der Waals surface area contributed by atoms with Crippen LogP contribution in [0.5, 0.6) is 0 Å². The van der Waals surface area contributed by atoms with Crippen LogP contribution in [0, 0.1) is 5.92 Å². The van der Waals surface area contributed by atoms with Gasteiger partial charge in [0.05, 0.1) is 13.2 Å². The van der Waals surface area contributed by atoms with E-state index >= 15 is 0 Å². The van der Waals surface area contributed by atoms with Crippen molar-refractivity contribution < 1.29 is 14.3 Å². The molecule has 1 aliphatic carbocycles. The molecule has 6 nitrogen and oxygen atoms in total. The lowest BCUT2D eigenvalue weighted by molar-refractivity contribution is -0.143. The Kier molecular flexibility index (Phi) is 6.47. The topological polar surface area (TPSA) is 61.9 Å². The molecule has 0 aromatic heterocycles. The van der Waals surface area contributed by atoms with E-state index in [9.17, 15) is 9.59 Å². The molecule has 1 N–H and O–H groups in total. The van der Waals surface area contributed by atoms with Gasteiger partial charge in [-0.1, -0.05) is 0 Å². The second-order valence-corrected chi connectivity index (χ2v) is 6.36. The van der Waals surface area contributed by atoms with Crippen LogP contribution >= 0.6 is 12.4 Å². The molecular formula is C15H26ClN3O3. The fraction of sp³-hybridized carbons (Fsp3) is 0.867. The molecule has 1 saturated carbocycles. The van der Waals surface area contributed by atoms with Gasteiger partial charge in [-0.25, -0.2) is 0 Å². The molecule has 3 rings (SSSR count). The summed E-state index contributed by atoms with van der Waals surface area (Å²) in [5.41, 5.74) is 0. The molecule has 3 aliphatic rings. The minimum Gasteiger partial charge on any atom is -0.371 e. The van der Waals surface area contributed by atoms with E-state index in [0.717, 1.165) is 39.1 Å². The van der Waals surface area contributed by atoms with E-state index in [0.29, 0.717) is 19.0 Å². The summed E-state index contributed by atoms with van der Waals surface area (Å²) >= 11 is 0. The fourth-order valence-corrected chi connectivity index (χ4v) is 3.13. The summed E-state index contributed by atoms with van der Waals surface area (Å²) in [5.74, 6) is 0.916. The number of nitrogens with zero attached hydrogens (tertiary/aromatic N) is 2. The van der Waals surface area contributed by atoms with Crippen molar-refractivity contribution in [1.29, 1.82) is 0 Å². The number of carbonyl (C=O) groups is 2. The number of hydrogen-bond donors (Lipinski definition) is 1. The van der Waals surface area contributed by atoms with Crippen LogP contribution in [0.1, 0.15) is 25.7 Å². The highest BCUT2D eigenvalue weighted by Crippen LogP contribution is 2.28. The molecule has 2 aliphatic heterocycles. The second kappa shape index (κ2) is 8.13. The first-order chi connectivity index (χ1) is 10.2. The summed E-state index contributed by atoms with van der Waals surface area (Å²) < 4.78 is 5.49. The Hall–Kier alpha value is -0.850. The number of piperazine rings is 1. The Morgan fingerprint density at radius 2 is 2.09 bits per heavy atom. The van der Waals surface area contributed by atoms with Crippen molar-refractivity contribution >= 4 is 24.2 Å². The van der Waals surface area contributed by atoms with E-state index < -0.39 is 0 Å². The summed E-state index contributed by atoms with van der Waals surface area (Å²) in [6, 6.07) is 0.181. The third-order valence-electron chi connectivity index (χ3n) is 4.59. The third kappa shape index (κ3) is 4.57.